The van der Waals surface area contributed by atoms with Crippen molar-refractivity contribution in [1.82, 2.24) is 14.6 Å². The van der Waals surface area contributed by atoms with Crippen LogP contribution in [-0.4, -0.2) is 14.6 Å². The maximum Gasteiger partial charge on any atom is 0.173 e. The Hall–Kier alpha value is -2.67. The second kappa shape index (κ2) is 3.97. The smallest absolute Gasteiger partial charge is 0.173 e. The van der Waals surface area contributed by atoms with E-state index in [9.17, 15) is 5.26 Å². The number of aryl methyl sites for hydroxylation is 1. The molecule has 0 saturated carbocycles. The van der Waals surface area contributed by atoms with E-state index in [2.05, 4.69) is 16.2 Å². The number of benzene rings is 1. The van der Waals surface area contributed by atoms with Crippen molar-refractivity contribution in [2.45, 2.75) is 6.92 Å². The van der Waals surface area contributed by atoms with Crippen molar-refractivity contribution in [2.24, 2.45) is 0 Å². The van der Waals surface area contributed by atoms with Crippen LogP contribution >= 0.6 is 0 Å². The zero-order valence-corrected chi connectivity index (χ0v) is 9.83. The summed E-state index contributed by atoms with van der Waals surface area (Å²) in [6, 6.07) is 11.9. The maximum atomic E-state index is 9.28. The third-order valence-electron chi connectivity index (χ3n) is 2.83. The number of nitrogens with zero attached hydrogens (tertiary/aromatic N) is 4. The largest absolute Gasteiger partial charge is 0.236 e. The number of hydrogen-bond donors (Lipinski definition) is 0. The molecule has 0 unspecified atom stereocenters. The number of rotatable bonds is 1. The summed E-state index contributed by atoms with van der Waals surface area (Å²) in [5, 5.41) is 13.7. The minimum Gasteiger partial charge on any atom is -0.236 e. The predicted molar refractivity (Wildman–Crippen MR) is 67.9 cm³/mol. The highest BCUT2D eigenvalue weighted by molar-refractivity contribution is 5.74. The summed E-state index contributed by atoms with van der Waals surface area (Å²) < 4.78 is 1.63. The fraction of sp³-hybridized carbons (Fsp3) is 0.0714. The topological polar surface area (TPSA) is 54.0 Å². The van der Waals surface area contributed by atoms with Crippen LogP contribution in [0.4, 0.5) is 0 Å². The Morgan fingerprint density at radius 3 is 2.72 bits per heavy atom. The zero-order chi connectivity index (χ0) is 12.5. The summed E-state index contributed by atoms with van der Waals surface area (Å²) in [6.45, 7) is 2.03. The summed E-state index contributed by atoms with van der Waals surface area (Å²) in [5.74, 6) is 0. The first-order chi connectivity index (χ1) is 8.79. The predicted octanol–water partition coefficient (Wildman–Crippen LogP) is 2.58. The standard InChI is InChI=1S/C14H10N4/c1-10-3-5-11(6-4-10)13-12(9-15)14-16-7-2-8-18(14)17-13/h2-8H,1H3. The van der Waals surface area contributed by atoms with E-state index in [0.717, 1.165) is 5.56 Å². The molecule has 0 aliphatic heterocycles. The lowest BCUT2D eigenvalue weighted by Gasteiger charge is -1.97. The highest BCUT2D eigenvalue weighted by atomic mass is 15.2. The first-order valence-electron chi connectivity index (χ1n) is 5.60. The van der Waals surface area contributed by atoms with Crippen molar-refractivity contribution in [3.8, 4) is 17.3 Å². The van der Waals surface area contributed by atoms with E-state index in [0.29, 0.717) is 16.9 Å². The van der Waals surface area contributed by atoms with Gasteiger partial charge in [-0.05, 0) is 13.0 Å². The molecule has 18 heavy (non-hydrogen) atoms. The summed E-state index contributed by atoms with van der Waals surface area (Å²) in [5.41, 5.74) is 3.90. The molecule has 86 valence electrons. The van der Waals surface area contributed by atoms with Gasteiger partial charge in [0.15, 0.2) is 5.65 Å². The molecule has 0 aliphatic rings. The molecule has 0 fully saturated rings. The molecule has 1 aromatic carbocycles. The highest BCUT2D eigenvalue weighted by Gasteiger charge is 2.14. The first kappa shape index (κ1) is 10.5. The van der Waals surface area contributed by atoms with Gasteiger partial charge in [-0.2, -0.15) is 10.4 Å². The van der Waals surface area contributed by atoms with Gasteiger partial charge < -0.3 is 0 Å². The lowest BCUT2D eigenvalue weighted by atomic mass is 10.1. The van der Waals surface area contributed by atoms with Crippen LogP contribution in [0.25, 0.3) is 16.9 Å². The molecule has 3 rings (SSSR count). The van der Waals surface area contributed by atoms with Crippen LogP contribution in [-0.2, 0) is 0 Å². The van der Waals surface area contributed by atoms with Crippen molar-refractivity contribution in [1.29, 1.82) is 5.26 Å². The van der Waals surface area contributed by atoms with Crippen molar-refractivity contribution in [3.05, 3.63) is 53.9 Å². The normalized spacial score (nSPS) is 10.4. The molecule has 2 heterocycles. The minimum atomic E-state index is 0.513. The van der Waals surface area contributed by atoms with Crippen molar-refractivity contribution >= 4 is 5.65 Å². The van der Waals surface area contributed by atoms with E-state index < -0.39 is 0 Å². The van der Waals surface area contributed by atoms with Crippen LogP contribution in [0.1, 0.15) is 11.1 Å². The van der Waals surface area contributed by atoms with Gasteiger partial charge >= 0.3 is 0 Å². The van der Waals surface area contributed by atoms with Crippen LogP contribution < -0.4 is 0 Å². The molecule has 0 bridgehead atoms. The molecule has 4 heteroatoms. The van der Waals surface area contributed by atoms with Gasteiger partial charge in [-0.1, -0.05) is 29.8 Å². The van der Waals surface area contributed by atoms with E-state index in [1.807, 2.05) is 31.2 Å². The number of fused-ring (bicyclic) bond motifs is 1. The lowest BCUT2D eigenvalue weighted by molar-refractivity contribution is 0.943. The Bertz CT molecular complexity index is 748. The van der Waals surface area contributed by atoms with Gasteiger partial charge in [0, 0.05) is 18.0 Å². The van der Waals surface area contributed by atoms with Crippen LogP contribution in [0.3, 0.4) is 0 Å². The molecule has 0 atom stereocenters. The van der Waals surface area contributed by atoms with Gasteiger partial charge in [0.2, 0.25) is 0 Å². The average Bonchev–Trinajstić information content (AvgIpc) is 2.78. The van der Waals surface area contributed by atoms with Crippen LogP contribution in [0.5, 0.6) is 0 Å². The third kappa shape index (κ3) is 1.54. The molecule has 0 amide bonds. The second-order valence-electron chi connectivity index (χ2n) is 4.09. The minimum absolute atomic E-state index is 0.513. The van der Waals surface area contributed by atoms with E-state index in [-0.39, 0.29) is 0 Å². The van der Waals surface area contributed by atoms with Crippen LogP contribution in [0, 0.1) is 18.3 Å². The fourth-order valence-electron chi connectivity index (χ4n) is 1.90. The number of nitriles is 1. The average molecular weight is 234 g/mol. The Morgan fingerprint density at radius 2 is 2.00 bits per heavy atom. The Labute approximate surface area is 104 Å². The van der Waals surface area contributed by atoms with Gasteiger partial charge in [0.05, 0.1) is 0 Å². The lowest BCUT2D eigenvalue weighted by Crippen LogP contribution is -1.87. The first-order valence-corrected chi connectivity index (χ1v) is 5.60. The van der Waals surface area contributed by atoms with Gasteiger partial charge in [-0.25, -0.2) is 9.50 Å². The van der Waals surface area contributed by atoms with Crippen LogP contribution in [0.2, 0.25) is 0 Å². The van der Waals surface area contributed by atoms with E-state index in [1.54, 1.807) is 23.0 Å². The molecular formula is C14H10N4. The Balaban J connectivity index is 2.29. The summed E-state index contributed by atoms with van der Waals surface area (Å²) in [6.07, 6.45) is 3.46. The number of aromatic nitrogens is 3. The molecule has 0 N–H and O–H groups in total. The molecule has 3 aromatic rings. The quantitative estimate of drug-likeness (QED) is 0.650. The molecule has 2 aromatic heterocycles. The summed E-state index contributed by atoms with van der Waals surface area (Å²) in [7, 11) is 0. The molecular weight excluding hydrogens is 224 g/mol. The van der Waals surface area contributed by atoms with E-state index in [4.69, 9.17) is 0 Å². The fourth-order valence-corrected chi connectivity index (χ4v) is 1.90. The third-order valence-corrected chi connectivity index (χ3v) is 2.83. The molecule has 0 radical (unpaired) electrons. The van der Waals surface area contributed by atoms with Crippen molar-refractivity contribution < 1.29 is 0 Å². The van der Waals surface area contributed by atoms with Crippen LogP contribution in [0.15, 0.2) is 42.7 Å². The highest BCUT2D eigenvalue weighted by Crippen LogP contribution is 2.24. The van der Waals surface area contributed by atoms with Gasteiger partial charge in [0.25, 0.3) is 0 Å². The summed E-state index contributed by atoms with van der Waals surface area (Å²) >= 11 is 0. The SMILES string of the molecule is Cc1ccc(-c2nn3cccnc3c2C#N)cc1. The Morgan fingerprint density at radius 1 is 1.22 bits per heavy atom. The second-order valence-corrected chi connectivity index (χ2v) is 4.09. The van der Waals surface area contributed by atoms with Gasteiger partial charge in [0.1, 0.15) is 17.3 Å². The van der Waals surface area contributed by atoms with E-state index in [1.165, 1.54) is 5.56 Å². The zero-order valence-electron chi connectivity index (χ0n) is 9.83. The maximum absolute atomic E-state index is 9.28. The van der Waals surface area contributed by atoms with Gasteiger partial charge in [-0.15, -0.1) is 0 Å². The molecule has 4 nitrogen and oxygen atoms in total. The molecule has 0 spiro atoms. The number of hydrogen-bond acceptors (Lipinski definition) is 3. The summed E-state index contributed by atoms with van der Waals surface area (Å²) in [4.78, 5) is 4.19. The van der Waals surface area contributed by atoms with Gasteiger partial charge in [-0.3, -0.25) is 0 Å². The molecule has 0 saturated heterocycles. The van der Waals surface area contributed by atoms with Crippen molar-refractivity contribution in [3.63, 3.8) is 0 Å². The van der Waals surface area contributed by atoms with Crippen molar-refractivity contribution in [2.75, 3.05) is 0 Å². The Kier molecular flexibility index (Phi) is 2.31. The monoisotopic (exact) mass is 234 g/mol. The molecule has 0 aliphatic carbocycles. The van der Waals surface area contributed by atoms with E-state index >= 15 is 0 Å².